The molecule has 0 unspecified atom stereocenters. The van der Waals surface area contributed by atoms with Crippen LogP contribution in [0, 0.1) is 18.3 Å². The smallest absolute Gasteiger partial charge is 0.00297 e. The van der Waals surface area contributed by atoms with Crippen molar-refractivity contribution in [1.82, 2.24) is 0 Å². The van der Waals surface area contributed by atoms with E-state index in [0.717, 1.165) is 5.92 Å². The fourth-order valence-corrected chi connectivity index (χ4v) is 1.31. The van der Waals surface area contributed by atoms with Crippen LogP contribution in [0.1, 0.15) is 59.8 Å². The lowest BCUT2D eigenvalue weighted by molar-refractivity contribution is 0.385. The van der Waals surface area contributed by atoms with Crippen molar-refractivity contribution < 1.29 is 0 Å². The highest BCUT2D eigenvalue weighted by Gasteiger charge is 2.05. The third-order valence-corrected chi connectivity index (χ3v) is 1.89. The largest absolute Gasteiger partial charge is 0.120 e. The van der Waals surface area contributed by atoms with Gasteiger partial charge in [0.1, 0.15) is 0 Å². The fraction of sp³-hybridized carbons (Fsp3) is 0.833. The Morgan fingerprint density at radius 2 is 1.42 bits per heavy atom. The van der Waals surface area contributed by atoms with Gasteiger partial charge in [-0.1, -0.05) is 52.9 Å². The molecule has 1 fully saturated rings. The predicted molar refractivity (Wildman–Crippen MR) is 58.1 cm³/mol. The summed E-state index contributed by atoms with van der Waals surface area (Å²) >= 11 is 0. The van der Waals surface area contributed by atoms with E-state index in [1.807, 2.05) is 13.8 Å². The zero-order chi connectivity index (χ0) is 9.82. The van der Waals surface area contributed by atoms with Crippen LogP contribution < -0.4 is 0 Å². The van der Waals surface area contributed by atoms with E-state index in [9.17, 15) is 0 Å². The molecule has 0 aromatic rings. The summed E-state index contributed by atoms with van der Waals surface area (Å²) in [7, 11) is 0. The Hall–Kier alpha value is -0.440. The summed E-state index contributed by atoms with van der Waals surface area (Å²) in [6, 6.07) is 0. The van der Waals surface area contributed by atoms with Gasteiger partial charge in [-0.2, -0.15) is 0 Å². The van der Waals surface area contributed by atoms with Crippen molar-refractivity contribution in [3.05, 3.63) is 0 Å². The number of hydrogen-bond acceptors (Lipinski definition) is 0. The normalized spacial score (nSPS) is 15.9. The first-order chi connectivity index (χ1) is 5.81. The van der Waals surface area contributed by atoms with Crippen molar-refractivity contribution in [2.24, 2.45) is 5.92 Å². The van der Waals surface area contributed by atoms with E-state index in [4.69, 9.17) is 0 Å². The highest BCUT2D eigenvalue weighted by molar-refractivity contribution is 4.73. The molecule has 1 rings (SSSR count). The maximum atomic E-state index is 4.60. The van der Waals surface area contributed by atoms with E-state index < -0.39 is 0 Å². The second-order valence-corrected chi connectivity index (χ2v) is 3.03. The van der Waals surface area contributed by atoms with Crippen LogP contribution in [-0.4, -0.2) is 0 Å². The van der Waals surface area contributed by atoms with Crippen molar-refractivity contribution in [2.45, 2.75) is 59.8 Å². The molecule has 0 aromatic heterocycles. The van der Waals surface area contributed by atoms with Gasteiger partial charge in [0.15, 0.2) is 0 Å². The number of terminal acetylenes is 1. The first-order valence-corrected chi connectivity index (χ1v) is 5.18. The lowest BCUT2D eigenvalue weighted by Crippen LogP contribution is -1.99. The monoisotopic (exact) mass is 168 g/mol. The van der Waals surface area contributed by atoms with Crippen molar-refractivity contribution in [3.63, 3.8) is 0 Å². The van der Waals surface area contributed by atoms with Crippen LogP contribution in [0.5, 0.6) is 0 Å². The molecule has 0 saturated heterocycles. The van der Waals surface area contributed by atoms with Gasteiger partial charge in [-0.3, -0.25) is 0 Å². The highest BCUT2D eigenvalue weighted by Crippen LogP contribution is 2.21. The molecule has 1 saturated carbocycles. The lowest BCUT2D eigenvalue weighted by Gasteiger charge is -2.15. The molecule has 0 atom stereocenters. The first kappa shape index (κ1) is 14.1. The maximum absolute atomic E-state index is 4.60. The predicted octanol–water partition coefficient (Wildman–Crippen LogP) is 4.25. The molecule has 0 amide bonds. The summed E-state index contributed by atoms with van der Waals surface area (Å²) in [6.45, 7) is 8.01. The summed E-state index contributed by atoms with van der Waals surface area (Å²) in [5.74, 6) is 3.29. The highest BCUT2D eigenvalue weighted by atomic mass is 14.1. The quantitative estimate of drug-likeness (QED) is 0.474. The van der Waals surface area contributed by atoms with E-state index in [2.05, 4.69) is 19.3 Å². The molecule has 0 bridgehead atoms. The third kappa shape index (κ3) is 12.3. The molecule has 0 N–H and O–H groups in total. The summed E-state index contributed by atoms with van der Waals surface area (Å²) < 4.78 is 0. The molecule has 0 heterocycles. The van der Waals surface area contributed by atoms with Gasteiger partial charge in [0.2, 0.25) is 0 Å². The number of hydrogen-bond donors (Lipinski definition) is 0. The molecular formula is C12H24. The van der Waals surface area contributed by atoms with Gasteiger partial charge in [0.05, 0.1) is 0 Å². The second kappa shape index (κ2) is 13.2. The molecule has 0 aromatic carbocycles. The average Bonchev–Trinajstić information content (AvgIpc) is 2.11. The first-order valence-electron chi connectivity index (χ1n) is 5.18. The van der Waals surface area contributed by atoms with Crippen LogP contribution >= 0.6 is 0 Å². The second-order valence-electron chi connectivity index (χ2n) is 3.03. The summed E-state index contributed by atoms with van der Waals surface area (Å²) in [4.78, 5) is 0. The van der Waals surface area contributed by atoms with E-state index in [1.54, 1.807) is 6.92 Å². The van der Waals surface area contributed by atoms with Crippen molar-refractivity contribution >= 4 is 0 Å². The zero-order valence-corrected chi connectivity index (χ0v) is 9.19. The molecule has 12 heavy (non-hydrogen) atoms. The fourth-order valence-electron chi connectivity index (χ4n) is 1.31. The van der Waals surface area contributed by atoms with Gasteiger partial charge in [0, 0.05) is 0 Å². The molecule has 72 valence electrons. The van der Waals surface area contributed by atoms with Crippen LogP contribution in [-0.2, 0) is 0 Å². The Morgan fingerprint density at radius 1 is 1.08 bits per heavy atom. The molecule has 0 spiro atoms. The number of rotatable bonds is 0. The van der Waals surface area contributed by atoms with Gasteiger partial charge in [-0.25, -0.2) is 0 Å². The summed E-state index contributed by atoms with van der Waals surface area (Å²) in [5, 5.41) is 0. The molecule has 0 radical (unpaired) electrons. The average molecular weight is 168 g/mol. The Labute approximate surface area is 78.8 Å². The van der Waals surface area contributed by atoms with Crippen LogP contribution in [0.25, 0.3) is 0 Å². The van der Waals surface area contributed by atoms with Gasteiger partial charge in [-0.05, 0) is 12.8 Å². The van der Waals surface area contributed by atoms with E-state index in [0.29, 0.717) is 0 Å². The van der Waals surface area contributed by atoms with Gasteiger partial charge in [-0.15, -0.1) is 12.3 Å². The van der Waals surface area contributed by atoms with E-state index in [1.165, 1.54) is 32.1 Å². The van der Waals surface area contributed by atoms with E-state index in [-0.39, 0.29) is 0 Å². The molecule has 0 aliphatic heterocycles. The maximum Gasteiger partial charge on any atom is -0.00297 e. The minimum absolute atomic E-state index is 1.04. The minimum Gasteiger partial charge on any atom is -0.120 e. The Balaban J connectivity index is 0. The zero-order valence-electron chi connectivity index (χ0n) is 9.19. The minimum atomic E-state index is 1.04. The van der Waals surface area contributed by atoms with Crippen LogP contribution in [0.3, 0.4) is 0 Å². The van der Waals surface area contributed by atoms with Crippen molar-refractivity contribution in [2.75, 3.05) is 0 Å². The van der Waals surface area contributed by atoms with Crippen molar-refractivity contribution in [3.8, 4) is 12.3 Å². The standard InChI is InChI=1S/C7H14.C3H4.C2H6/c1-7-5-3-2-4-6-7;1-3-2;1-2/h7H,2-6H2,1H3;1H,2H3;1-2H3. The topological polar surface area (TPSA) is 0 Å². The van der Waals surface area contributed by atoms with E-state index >= 15 is 0 Å². The van der Waals surface area contributed by atoms with Gasteiger partial charge < -0.3 is 0 Å². The van der Waals surface area contributed by atoms with Crippen LogP contribution in [0.15, 0.2) is 0 Å². The SMILES string of the molecule is C#CC.CC.CC1CCCCC1. The molecule has 1 aliphatic rings. The van der Waals surface area contributed by atoms with Crippen LogP contribution in [0.2, 0.25) is 0 Å². The molecule has 0 heteroatoms. The molecule has 0 nitrogen and oxygen atoms in total. The van der Waals surface area contributed by atoms with Gasteiger partial charge >= 0.3 is 0 Å². The van der Waals surface area contributed by atoms with Crippen molar-refractivity contribution in [1.29, 1.82) is 0 Å². The lowest BCUT2D eigenvalue weighted by atomic mass is 9.91. The van der Waals surface area contributed by atoms with Gasteiger partial charge in [0.25, 0.3) is 0 Å². The van der Waals surface area contributed by atoms with Crippen LogP contribution in [0.4, 0.5) is 0 Å². The molecular weight excluding hydrogens is 144 g/mol. The summed E-state index contributed by atoms with van der Waals surface area (Å²) in [6.07, 6.45) is 12.0. The Kier molecular flexibility index (Phi) is 15.5. The third-order valence-electron chi connectivity index (χ3n) is 1.89. The summed E-state index contributed by atoms with van der Waals surface area (Å²) in [5.41, 5.74) is 0. The Bertz CT molecular complexity index is 91.1. The Morgan fingerprint density at radius 3 is 1.58 bits per heavy atom. The molecule has 1 aliphatic carbocycles.